The molecular weight excluding hydrogens is 280 g/mol. The Labute approximate surface area is 124 Å². The summed E-state index contributed by atoms with van der Waals surface area (Å²) >= 11 is 0. The van der Waals surface area contributed by atoms with E-state index in [4.69, 9.17) is 5.73 Å². The maximum atomic E-state index is 11.6. The minimum Gasteiger partial charge on any atom is -0.354 e. The molecule has 0 bridgehead atoms. The van der Waals surface area contributed by atoms with Gasteiger partial charge in [0.25, 0.3) is 0 Å². The van der Waals surface area contributed by atoms with Gasteiger partial charge in [0.15, 0.2) is 0 Å². The van der Waals surface area contributed by atoms with Gasteiger partial charge in [0, 0.05) is 31.0 Å². The van der Waals surface area contributed by atoms with Crippen LogP contribution in [0.25, 0.3) is 0 Å². The number of hydrogen-bond donors (Lipinski definition) is 3. The fraction of sp³-hybridized carbons (Fsp3) is 0.462. The molecule has 0 aliphatic rings. The zero-order valence-corrected chi connectivity index (χ0v) is 12.3. The van der Waals surface area contributed by atoms with Crippen molar-refractivity contribution >= 4 is 29.9 Å². The second-order valence-electron chi connectivity index (χ2n) is 4.22. The minimum absolute atomic E-state index is 0. The Hall–Kier alpha value is -1.66. The molecule has 1 aromatic rings. The molecule has 1 atom stereocenters. The van der Waals surface area contributed by atoms with E-state index in [9.17, 15) is 9.59 Å². The minimum atomic E-state index is -0.492. The van der Waals surface area contributed by atoms with Crippen molar-refractivity contribution in [3.63, 3.8) is 0 Å². The van der Waals surface area contributed by atoms with Crippen molar-refractivity contribution in [1.82, 2.24) is 10.3 Å². The molecule has 1 aromatic heterocycles. The first kappa shape index (κ1) is 18.3. The van der Waals surface area contributed by atoms with Gasteiger partial charge in [-0.05, 0) is 18.6 Å². The zero-order chi connectivity index (χ0) is 14.1. The van der Waals surface area contributed by atoms with Gasteiger partial charge in [-0.15, -0.1) is 12.4 Å². The molecular formula is C13H21ClN4O2. The van der Waals surface area contributed by atoms with Crippen LogP contribution in [0.2, 0.25) is 0 Å². The lowest BCUT2D eigenvalue weighted by atomic mass is 10.1. The third kappa shape index (κ3) is 7.06. The molecule has 0 spiro atoms. The molecule has 2 amide bonds. The Morgan fingerprint density at radius 2 is 2.00 bits per heavy atom. The van der Waals surface area contributed by atoms with Gasteiger partial charge in [-0.25, -0.2) is 0 Å². The lowest BCUT2D eigenvalue weighted by Crippen LogP contribution is -2.41. The number of pyridine rings is 1. The van der Waals surface area contributed by atoms with Gasteiger partial charge >= 0.3 is 0 Å². The number of nitrogens with two attached hydrogens (primary N) is 1. The first-order valence-corrected chi connectivity index (χ1v) is 6.36. The van der Waals surface area contributed by atoms with E-state index >= 15 is 0 Å². The Kier molecular flexibility index (Phi) is 9.32. The fourth-order valence-corrected chi connectivity index (χ4v) is 1.53. The lowest BCUT2D eigenvalue weighted by Gasteiger charge is -2.11. The van der Waals surface area contributed by atoms with Gasteiger partial charge in [-0.3, -0.25) is 14.6 Å². The summed E-state index contributed by atoms with van der Waals surface area (Å²) in [4.78, 5) is 26.9. The summed E-state index contributed by atoms with van der Waals surface area (Å²) in [5, 5.41) is 5.36. The molecule has 0 fully saturated rings. The van der Waals surface area contributed by atoms with Gasteiger partial charge in [0.05, 0.1) is 6.04 Å². The van der Waals surface area contributed by atoms with Gasteiger partial charge < -0.3 is 16.4 Å². The van der Waals surface area contributed by atoms with Crippen LogP contribution in [0, 0.1) is 0 Å². The van der Waals surface area contributed by atoms with Gasteiger partial charge in [-0.2, -0.15) is 0 Å². The van der Waals surface area contributed by atoms with Crippen LogP contribution >= 0.6 is 12.4 Å². The monoisotopic (exact) mass is 300 g/mol. The van der Waals surface area contributed by atoms with E-state index in [-0.39, 0.29) is 37.2 Å². The van der Waals surface area contributed by atoms with E-state index in [1.807, 2.05) is 6.92 Å². The molecule has 112 valence electrons. The number of nitrogens with one attached hydrogen (secondary N) is 2. The van der Waals surface area contributed by atoms with Crippen LogP contribution in [0.4, 0.5) is 5.69 Å². The molecule has 7 heteroatoms. The van der Waals surface area contributed by atoms with Crippen LogP contribution in [0.3, 0.4) is 0 Å². The Bertz CT molecular complexity index is 414. The molecule has 4 N–H and O–H groups in total. The molecule has 0 aliphatic carbocycles. The van der Waals surface area contributed by atoms with E-state index in [2.05, 4.69) is 15.6 Å². The molecule has 0 radical (unpaired) electrons. The van der Waals surface area contributed by atoms with Crippen molar-refractivity contribution in [3.8, 4) is 0 Å². The highest BCUT2D eigenvalue weighted by Gasteiger charge is 2.11. The van der Waals surface area contributed by atoms with Crippen LogP contribution < -0.4 is 16.4 Å². The number of anilines is 1. The summed E-state index contributed by atoms with van der Waals surface area (Å²) in [6.07, 6.45) is 4.92. The number of rotatable bonds is 7. The Morgan fingerprint density at radius 3 is 2.60 bits per heavy atom. The van der Waals surface area contributed by atoms with Crippen LogP contribution in [-0.4, -0.2) is 29.4 Å². The lowest BCUT2D eigenvalue weighted by molar-refractivity contribution is -0.122. The maximum absolute atomic E-state index is 11.6. The first-order chi connectivity index (χ1) is 9.13. The molecule has 1 unspecified atom stereocenters. The number of carbonyl (C=O) groups excluding carboxylic acids is 2. The van der Waals surface area contributed by atoms with Crippen molar-refractivity contribution in [3.05, 3.63) is 24.5 Å². The highest BCUT2D eigenvalue weighted by Crippen LogP contribution is 2.03. The topological polar surface area (TPSA) is 97.1 Å². The predicted octanol–water partition coefficient (Wildman–Crippen LogP) is 1.08. The zero-order valence-electron chi connectivity index (χ0n) is 11.5. The first-order valence-electron chi connectivity index (χ1n) is 6.36. The maximum Gasteiger partial charge on any atom is 0.236 e. The smallest absolute Gasteiger partial charge is 0.236 e. The molecule has 0 saturated carbocycles. The molecule has 0 aliphatic heterocycles. The van der Waals surface area contributed by atoms with Gasteiger partial charge in [0.1, 0.15) is 0 Å². The van der Waals surface area contributed by atoms with Crippen molar-refractivity contribution in [2.24, 2.45) is 5.73 Å². The average Bonchev–Trinajstić information content (AvgIpc) is 2.40. The summed E-state index contributed by atoms with van der Waals surface area (Å²) in [5.74, 6) is -0.367. The van der Waals surface area contributed by atoms with Crippen molar-refractivity contribution in [1.29, 1.82) is 0 Å². The highest BCUT2D eigenvalue weighted by atomic mass is 35.5. The summed E-state index contributed by atoms with van der Waals surface area (Å²) in [6, 6.07) is 2.91. The van der Waals surface area contributed by atoms with Crippen molar-refractivity contribution in [2.45, 2.75) is 32.2 Å². The molecule has 1 rings (SSSR count). The normalized spacial score (nSPS) is 11.1. The van der Waals surface area contributed by atoms with Crippen LogP contribution in [0.5, 0.6) is 0 Å². The average molecular weight is 301 g/mol. The van der Waals surface area contributed by atoms with E-state index < -0.39 is 6.04 Å². The summed E-state index contributed by atoms with van der Waals surface area (Å²) < 4.78 is 0. The van der Waals surface area contributed by atoms with E-state index in [0.29, 0.717) is 12.1 Å². The molecule has 20 heavy (non-hydrogen) atoms. The second kappa shape index (κ2) is 10.2. The quantitative estimate of drug-likeness (QED) is 0.702. The largest absolute Gasteiger partial charge is 0.354 e. The molecule has 1 heterocycles. The van der Waals surface area contributed by atoms with Gasteiger partial charge in [0.2, 0.25) is 11.8 Å². The second-order valence-corrected chi connectivity index (χ2v) is 4.22. The third-order valence-corrected chi connectivity index (χ3v) is 2.55. The third-order valence-electron chi connectivity index (χ3n) is 2.55. The summed E-state index contributed by atoms with van der Waals surface area (Å²) in [7, 11) is 0. The SMILES string of the molecule is CCCC(N)C(=O)NCCC(=O)Nc1ccncc1.Cl. The predicted molar refractivity (Wildman–Crippen MR) is 80.6 cm³/mol. The number of carbonyl (C=O) groups is 2. The standard InChI is InChI=1S/C13H20N4O2.ClH/c1-2-3-11(14)13(19)16-9-6-12(18)17-10-4-7-15-8-5-10;/h4-5,7-8,11H,2-3,6,9,14H2,1H3,(H,16,19)(H,15,17,18);1H. The number of nitrogens with zero attached hydrogens (tertiary/aromatic N) is 1. The number of hydrogen-bond acceptors (Lipinski definition) is 4. The van der Waals surface area contributed by atoms with E-state index in [1.165, 1.54) is 0 Å². The number of halogens is 1. The molecule has 0 aromatic carbocycles. The summed E-state index contributed by atoms with van der Waals surface area (Å²) in [5.41, 5.74) is 6.34. The molecule has 0 saturated heterocycles. The molecule has 6 nitrogen and oxygen atoms in total. The number of amides is 2. The number of aromatic nitrogens is 1. The van der Waals surface area contributed by atoms with E-state index in [0.717, 1.165) is 6.42 Å². The Balaban J connectivity index is 0.00000361. The van der Waals surface area contributed by atoms with E-state index in [1.54, 1.807) is 24.5 Å². The summed E-state index contributed by atoms with van der Waals surface area (Å²) in [6.45, 7) is 2.25. The van der Waals surface area contributed by atoms with Crippen LogP contribution in [0.15, 0.2) is 24.5 Å². The van der Waals surface area contributed by atoms with Crippen LogP contribution in [-0.2, 0) is 9.59 Å². The van der Waals surface area contributed by atoms with Crippen LogP contribution in [0.1, 0.15) is 26.2 Å². The highest BCUT2D eigenvalue weighted by molar-refractivity contribution is 5.91. The van der Waals surface area contributed by atoms with Crippen molar-refractivity contribution in [2.75, 3.05) is 11.9 Å². The van der Waals surface area contributed by atoms with Crippen molar-refractivity contribution < 1.29 is 9.59 Å². The Morgan fingerprint density at radius 1 is 1.35 bits per heavy atom. The fourth-order valence-electron chi connectivity index (χ4n) is 1.53. The van der Waals surface area contributed by atoms with Gasteiger partial charge in [-0.1, -0.05) is 13.3 Å².